The monoisotopic (exact) mass is 397 g/mol. The zero-order chi connectivity index (χ0) is 21.4. The predicted molar refractivity (Wildman–Crippen MR) is 110 cm³/mol. The molecule has 0 amide bonds. The molecule has 0 bridgehead atoms. The summed E-state index contributed by atoms with van der Waals surface area (Å²) in [5.41, 5.74) is -0.711. The fraction of sp³-hybridized carbons (Fsp3) is 0.750. The second kappa shape index (κ2) is 14.8. The zero-order valence-corrected chi connectivity index (χ0v) is 17.8. The van der Waals surface area contributed by atoms with Crippen LogP contribution in [-0.4, -0.2) is 62.9 Å². The van der Waals surface area contributed by atoms with Crippen molar-refractivity contribution in [2.45, 2.75) is 46.7 Å². The molecule has 0 heterocycles. The van der Waals surface area contributed by atoms with Gasteiger partial charge in [-0.05, 0) is 27.7 Å². The van der Waals surface area contributed by atoms with Crippen LogP contribution in [0.3, 0.4) is 0 Å². The molecule has 0 aliphatic heterocycles. The van der Waals surface area contributed by atoms with Gasteiger partial charge < -0.3 is 23.4 Å². The molecule has 0 N–H and O–H groups in total. The van der Waals surface area contributed by atoms with Crippen molar-refractivity contribution < 1.29 is 19.9 Å². The number of hydrogen-bond acceptors (Lipinski definition) is 5. The Morgan fingerprint density at radius 3 is 2.04 bits per heavy atom. The summed E-state index contributed by atoms with van der Waals surface area (Å²) in [6.45, 7) is 16.8. The van der Waals surface area contributed by atoms with E-state index in [1.807, 2.05) is 0 Å². The van der Waals surface area contributed by atoms with Crippen LogP contribution in [0.2, 0.25) is 0 Å². The molecular formula is C20H33N2O4P. The van der Waals surface area contributed by atoms with Crippen molar-refractivity contribution in [2.24, 2.45) is 5.41 Å². The zero-order valence-electron chi connectivity index (χ0n) is 17.9. The van der Waals surface area contributed by atoms with Crippen molar-refractivity contribution in [3.8, 4) is 24.7 Å². The van der Waals surface area contributed by atoms with Gasteiger partial charge in [-0.15, -0.1) is 12.8 Å². The molecule has 0 radical (unpaired) electrons. The first-order chi connectivity index (χ1) is 13.4. The molecule has 1 atom stereocenters. The Bertz CT molecular complexity index is 512. The van der Waals surface area contributed by atoms with Crippen LogP contribution in [0.5, 0.6) is 0 Å². The van der Waals surface area contributed by atoms with Crippen molar-refractivity contribution in [3.63, 3.8) is 0 Å². The lowest BCUT2D eigenvalue weighted by atomic mass is 9.94. The van der Waals surface area contributed by atoms with E-state index < -0.39 is 13.9 Å². The number of nitrogens with zero attached hydrogens (tertiary/aromatic N) is 2. The Hall–Kier alpha value is -1.16. The van der Waals surface area contributed by atoms with Gasteiger partial charge in [-0.1, -0.05) is 18.7 Å². The first kappa shape index (κ1) is 23.9. The standard InChI is InChI=1S/C20H33N2O4P/c1-9-12-23-15-20(7,16-24-13-10-2)17-26-27(25-14-11-21-8)22(18(3)4)19(5)6/h1-2,18-19H,11-17H2,3-7H3/i7D. The van der Waals surface area contributed by atoms with E-state index in [2.05, 4.69) is 49.1 Å². The van der Waals surface area contributed by atoms with Crippen molar-refractivity contribution >= 4 is 8.53 Å². The van der Waals surface area contributed by atoms with Gasteiger partial charge in [0, 0.05) is 18.9 Å². The molecule has 0 aliphatic rings. The van der Waals surface area contributed by atoms with Crippen molar-refractivity contribution in [2.75, 3.05) is 46.2 Å². The highest BCUT2D eigenvalue weighted by atomic mass is 31.2. The van der Waals surface area contributed by atoms with E-state index in [0.29, 0.717) is 6.61 Å². The molecule has 0 fully saturated rings. The minimum atomic E-state index is -1.41. The number of hydrogen-bond donors (Lipinski definition) is 0. The molecule has 0 rings (SSSR count). The minimum Gasteiger partial charge on any atom is -0.368 e. The van der Waals surface area contributed by atoms with Crippen molar-refractivity contribution in [3.05, 3.63) is 11.4 Å². The Morgan fingerprint density at radius 1 is 1.07 bits per heavy atom. The SMILES string of the molecule is [2H]CC(COCC#C)(COCC#C)COP(OCC[N+]#[C-])N(C(C)C)C(C)C. The maximum Gasteiger partial charge on any atom is 0.259 e. The van der Waals surface area contributed by atoms with Crippen LogP contribution in [0.1, 0.15) is 36.0 Å². The first-order valence-corrected chi connectivity index (χ1v) is 9.99. The predicted octanol–water partition coefficient (Wildman–Crippen LogP) is 3.59. The lowest BCUT2D eigenvalue weighted by molar-refractivity contribution is -0.0244. The second-order valence-electron chi connectivity index (χ2n) is 6.69. The van der Waals surface area contributed by atoms with E-state index in [9.17, 15) is 0 Å². The Balaban J connectivity index is 5.30. The van der Waals surface area contributed by atoms with Crippen LogP contribution < -0.4 is 0 Å². The van der Waals surface area contributed by atoms with Gasteiger partial charge in [-0.25, -0.2) is 11.2 Å². The van der Waals surface area contributed by atoms with E-state index in [1.54, 1.807) is 0 Å². The second-order valence-corrected chi connectivity index (χ2v) is 8.14. The molecule has 27 heavy (non-hydrogen) atoms. The summed E-state index contributed by atoms with van der Waals surface area (Å²) in [5.74, 6) is 4.85. The Labute approximate surface area is 168 Å². The molecule has 152 valence electrons. The average molecular weight is 397 g/mol. The smallest absolute Gasteiger partial charge is 0.259 e. The Morgan fingerprint density at radius 2 is 1.63 bits per heavy atom. The summed E-state index contributed by atoms with van der Waals surface area (Å²) in [6.07, 6.45) is 10.5. The maximum atomic E-state index is 8.04. The molecule has 7 heteroatoms. The van der Waals surface area contributed by atoms with E-state index in [4.69, 9.17) is 39.3 Å². The van der Waals surface area contributed by atoms with E-state index in [0.717, 1.165) is 0 Å². The molecular weight excluding hydrogens is 363 g/mol. The summed E-state index contributed by atoms with van der Waals surface area (Å²) < 4.78 is 33.3. The van der Waals surface area contributed by atoms with Crippen LogP contribution >= 0.6 is 8.53 Å². The van der Waals surface area contributed by atoms with E-state index in [1.165, 1.54) is 0 Å². The highest BCUT2D eigenvalue weighted by Gasteiger charge is 2.32. The summed E-state index contributed by atoms with van der Waals surface area (Å²) in [4.78, 5) is 3.34. The molecule has 6 nitrogen and oxygen atoms in total. The van der Waals surface area contributed by atoms with Gasteiger partial charge in [0.15, 0.2) is 0 Å². The highest BCUT2D eigenvalue weighted by molar-refractivity contribution is 7.44. The summed E-state index contributed by atoms with van der Waals surface area (Å²) in [7, 11) is -1.41. The van der Waals surface area contributed by atoms with Crippen LogP contribution in [0.25, 0.3) is 4.85 Å². The van der Waals surface area contributed by atoms with Crippen LogP contribution in [0.4, 0.5) is 0 Å². The van der Waals surface area contributed by atoms with Gasteiger partial charge in [0.25, 0.3) is 8.53 Å². The van der Waals surface area contributed by atoms with Crippen molar-refractivity contribution in [1.29, 1.82) is 0 Å². The van der Waals surface area contributed by atoms with E-state index >= 15 is 0 Å². The fourth-order valence-corrected chi connectivity index (χ4v) is 4.00. The summed E-state index contributed by atoms with van der Waals surface area (Å²) in [5, 5.41) is 0. The third-order valence-electron chi connectivity index (χ3n) is 3.32. The molecule has 0 aliphatic carbocycles. The first-order valence-electron chi connectivity index (χ1n) is 9.57. The third kappa shape index (κ3) is 11.3. The minimum absolute atomic E-state index is 0.0245. The summed E-state index contributed by atoms with van der Waals surface area (Å²) >= 11 is 0. The number of ether oxygens (including phenoxy) is 2. The van der Waals surface area contributed by atoms with Crippen LogP contribution in [0.15, 0.2) is 0 Å². The average Bonchev–Trinajstić information content (AvgIpc) is 2.65. The van der Waals surface area contributed by atoms with Crippen LogP contribution in [0, 0.1) is 36.7 Å². The topological polar surface area (TPSA) is 44.5 Å². The number of terminal acetylenes is 2. The third-order valence-corrected chi connectivity index (χ3v) is 5.37. The quantitative estimate of drug-likeness (QED) is 0.183. The van der Waals surface area contributed by atoms with Gasteiger partial charge >= 0.3 is 0 Å². The number of rotatable bonds is 15. The molecule has 0 saturated carbocycles. The van der Waals surface area contributed by atoms with Gasteiger partial charge in [0.1, 0.15) is 19.8 Å². The Kier molecular flexibility index (Phi) is 13.1. The molecule has 0 saturated heterocycles. The molecule has 0 aromatic rings. The molecule has 0 spiro atoms. The van der Waals surface area contributed by atoms with E-state index in [-0.39, 0.29) is 58.6 Å². The van der Waals surface area contributed by atoms with Gasteiger partial charge in [-0.3, -0.25) is 0 Å². The lowest BCUT2D eigenvalue weighted by Crippen LogP contribution is -2.37. The largest absolute Gasteiger partial charge is 0.368 e. The van der Waals surface area contributed by atoms with Crippen molar-refractivity contribution in [1.82, 2.24) is 4.67 Å². The molecule has 0 aromatic carbocycles. The van der Waals surface area contributed by atoms with Gasteiger partial charge in [0.05, 0.1) is 19.8 Å². The molecule has 1 unspecified atom stereocenters. The maximum absolute atomic E-state index is 8.04. The summed E-state index contributed by atoms with van der Waals surface area (Å²) in [6, 6.07) is 0.389. The molecule has 0 aromatic heterocycles. The lowest BCUT2D eigenvalue weighted by Gasteiger charge is -2.37. The van der Waals surface area contributed by atoms with Gasteiger partial charge in [0.2, 0.25) is 6.54 Å². The van der Waals surface area contributed by atoms with Gasteiger partial charge in [-0.2, -0.15) is 0 Å². The fourth-order valence-electron chi connectivity index (χ4n) is 2.28. The van der Waals surface area contributed by atoms with Crippen LogP contribution in [-0.2, 0) is 18.5 Å². The highest BCUT2D eigenvalue weighted by Crippen LogP contribution is 2.47. The normalized spacial score (nSPS) is 13.3.